The van der Waals surface area contributed by atoms with Crippen molar-refractivity contribution in [3.8, 4) is 0 Å². The Morgan fingerprint density at radius 2 is 2.24 bits per heavy atom. The Hall–Kier alpha value is -2.17. The minimum absolute atomic E-state index is 0.0441. The first-order valence-corrected chi connectivity index (χ1v) is 7.06. The highest BCUT2D eigenvalue weighted by molar-refractivity contribution is 5.91. The number of benzene rings is 1. The highest BCUT2D eigenvalue weighted by Crippen LogP contribution is 2.31. The quantitative estimate of drug-likeness (QED) is 0.882. The van der Waals surface area contributed by atoms with Crippen molar-refractivity contribution in [2.24, 2.45) is 5.92 Å². The second kappa shape index (κ2) is 5.68. The number of pyridine rings is 1. The summed E-state index contributed by atoms with van der Waals surface area (Å²) in [6.07, 6.45) is 4.06. The van der Waals surface area contributed by atoms with Gasteiger partial charge in [0.2, 0.25) is 0 Å². The zero-order chi connectivity index (χ0) is 14.8. The molecular formula is C16H17FN2O2. The van der Waals surface area contributed by atoms with Gasteiger partial charge in [0.05, 0.1) is 13.0 Å². The molecule has 4 nitrogen and oxygen atoms in total. The van der Waals surface area contributed by atoms with Crippen LogP contribution in [-0.4, -0.2) is 24.1 Å². The lowest BCUT2D eigenvalue weighted by Crippen LogP contribution is -2.19. The van der Waals surface area contributed by atoms with E-state index in [9.17, 15) is 9.18 Å². The molecule has 1 heterocycles. The summed E-state index contributed by atoms with van der Waals surface area (Å²) in [7, 11) is 1.42. The van der Waals surface area contributed by atoms with Gasteiger partial charge >= 0.3 is 5.97 Å². The van der Waals surface area contributed by atoms with Gasteiger partial charge in [-0.3, -0.25) is 9.78 Å². The summed E-state index contributed by atoms with van der Waals surface area (Å²) in [6, 6.07) is 6.97. The Bertz CT molecular complexity index is 674. The number of rotatable bonds is 3. The summed E-state index contributed by atoms with van der Waals surface area (Å²) in [5.74, 6) is -0.516. The van der Waals surface area contributed by atoms with E-state index in [2.05, 4.69) is 10.3 Å². The summed E-state index contributed by atoms with van der Waals surface area (Å²) in [6.45, 7) is 0. The fourth-order valence-electron chi connectivity index (χ4n) is 2.98. The minimum Gasteiger partial charge on any atom is -0.469 e. The number of para-hydroxylation sites is 1. The van der Waals surface area contributed by atoms with Crippen molar-refractivity contribution in [3.63, 3.8) is 0 Å². The van der Waals surface area contributed by atoms with Crippen LogP contribution in [-0.2, 0) is 9.53 Å². The highest BCUT2D eigenvalue weighted by atomic mass is 19.1. The number of hydrogen-bond acceptors (Lipinski definition) is 4. The third kappa shape index (κ3) is 2.68. The predicted octanol–water partition coefficient (Wildman–Crippen LogP) is 3.13. The Labute approximate surface area is 122 Å². The van der Waals surface area contributed by atoms with Gasteiger partial charge < -0.3 is 10.1 Å². The molecule has 2 atom stereocenters. The SMILES string of the molecule is COC(=O)[C@H]1CC[C@@H](Nc2ccnc3c(F)cccc23)C1. The molecule has 3 rings (SSSR count). The van der Waals surface area contributed by atoms with E-state index in [1.807, 2.05) is 12.1 Å². The van der Waals surface area contributed by atoms with Gasteiger partial charge in [0.25, 0.3) is 0 Å². The fourth-order valence-corrected chi connectivity index (χ4v) is 2.98. The molecule has 0 saturated heterocycles. The first kappa shape index (κ1) is 13.8. The monoisotopic (exact) mass is 288 g/mol. The van der Waals surface area contributed by atoms with Gasteiger partial charge in [0.1, 0.15) is 11.3 Å². The van der Waals surface area contributed by atoms with Gasteiger partial charge in [0, 0.05) is 23.3 Å². The van der Waals surface area contributed by atoms with Crippen LogP contribution in [0.4, 0.5) is 10.1 Å². The molecule has 0 spiro atoms. The fraction of sp³-hybridized carbons (Fsp3) is 0.375. The van der Waals surface area contributed by atoms with E-state index < -0.39 is 0 Å². The van der Waals surface area contributed by atoms with E-state index in [0.29, 0.717) is 5.52 Å². The third-order valence-electron chi connectivity index (χ3n) is 4.05. The molecule has 1 N–H and O–H groups in total. The van der Waals surface area contributed by atoms with Crippen LogP contribution < -0.4 is 5.32 Å². The number of anilines is 1. The molecule has 0 unspecified atom stereocenters. The van der Waals surface area contributed by atoms with Crippen molar-refractivity contribution in [1.82, 2.24) is 4.98 Å². The number of methoxy groups -OCH3 is 1. The molecule has 1 aromatic carbocycles. The van der Waals surface area contributed by atoms with E-state index in [1.165, 1.54) is 13.2 Å². The Balaban J connectivity index is 1.80. The van der Waals surface area contributed by atoms with Crippen molar-refractivity contribution in [1.29, 1.82) is 0 Å². The van der Waals surface area contributed by atoms with Gasteiger partial charge in [-0.05, 0) is 31.4 Å². The predicted molar refractivity (Wildman–Crippen MR) is 78.5 cm³/mol. The highest BCUT2D eigenvalue weighted by Gasteiger charge is 2.30. The van der Waals surface area contributed by atoms with Crippen LogP contribution in [0.15, 0.2) is 30.5 Å². The average Bonchev–Trinajstić information content (AvgIpc) is 2.96. The smallest absolute Gasteiger partial charge is 0.308 e. The van der Waals surface area contributed by atoms with Gasteiger partial charge in [-0.25, -0.2) is 4.39 Å². The van der Waals surface area contributed by atoms with Crippen molar-refractivity contribution >= 4 is 22.6 Å². The van der Waals surface area contributed by atoms with Gasteiger partial charge in [0.15, 0.2) is 0 Å². The number of halogens is 1. The van der Waals surface area contributed by atoms with Crippen LogP contribution in [0.2, 0.25) is 0 Å². The van der Waals surface area contributed by atoms with Crippen LogP contribution in [0.3, 0.4) is 0 Å². The molecular weight excluding hydrogens is 271 g/mol. The Morgan fingerprint density at radius 3 is 3.05 bits per heavy atom. The number of carbonyl (C=O) groups is 1. The van der Waals surface area contributed by atoms with Crippen molar-refractivity contribution in [2.75, 3.05) is 12.4 Å². The standard InChI is InChI=1S/C16H17FN2O2/c1-21-16(20)10-5-6-11(9-10)19-14-7-8-18-15-12(14)3-2-4-13(15)17/h2-4,7-8,10-11H,5-6,9H2,1H3,(H,18,19)/t10-,11+/m0/s1. The lowest BCUT2D eigenvalue weighted by Gasteiger charge is -2.16. The summed E-state index contributed by atoms with van der Waals surface area (Å²) in [5.41, 5.74) is 1.22. The van der Waals surface area contributed by atoms with E-state index >= 15 is 0 Å². The maximum atomic E-state index is 13.7. The molecule has 1 aliphatic carbocycles. The minimum atomic E-state index is -0.324. The zero-order valence-corrected chi connectivity index (χ0v) is 11.8. The van der Waals surface area contributed by atoms with Crippen LogP contribution in [0.25, 0.3) is 10.9 Å². The third-order valence-corrected chi connectivity index (χ3v) is 4.05. The maximum Gasteiger partial charge on any atom is 0.308 e. The van der Waals surface area contributed by atoms with E-state index in [0.717, 1.165) is 30.3 Å². The molecule has 0 aliphatic heterocycles. The summed E-state index contributed by atoms with van der Waals surface area (Å²) >= 11 is 0. The van der Waals surface area contributed by atoms with Crippen LogP contribution in [0, 0.1) is 11.7 Å². The average molecular weight is 288 g/mol. The van der Waals surface area contributed by atoms with E-state index in [-0.39, 0.29) is 23.7 Å². The molecule has 1 saturated carbocycles. The molecule has 1 aromatic heterocycles. The number of nitrogens with one attached hydrogen (secondary N) is 1. The lowest BCUT2D eigenvalue weighted by molar-refractivity contribution is -0.145. The van der Waals surface area contributed by atoms with Crippen molar-refractivity contribution < 1.29 is 13.9 Å². The number of hydrogen-bond donors (Lipinski definition) is 1. The number of esters is 1. The number of nitrogens with zero attached hydrogens (tertiary/aromatic N) is 1. The Morgan fingerprint density at radius 1 is 1.38 bits per heavy atom. The van der Waals surface area contributed by atoms with Crippen LogP contribution in [0.1, 0.15) is 19.3 Å². The molecule has 0 bridgehead atoms. The number of fused-ring (bicyclic) bond motifs is 1. The lowest BCUT2D eigenvalue weighted by atomic mass is 10.1. The number of aromatic nitrogens is 1. The van der Waals surface area contributed by atoms with Gasteiger partial charge in [-0.2, -0.15) is 0 Å². The van der Waals surface area contributed by atoms with Crippen LogP contribution in [0.5, 0.6) is 0 Å². The number of carbonyl (C=O) groups excluding carboxylic acids is 1. The Kier molecular flexibility index (Phi) is 3.73. The molecule has 0 amide bonds. The molecule has 2 aromatic rings. The first-order valence-electron chi connectivity index (χ1n) is 7.06. The van der Waals surface area contributed by atoms with Crippen molar-refractivity contribution in [3.05, 3.63) is 36.3 Å². The van der Waals surface area contributed by atoms with E-state index in [4.69, 9.17) is 4.74 Å². The molecule has 1 aliphatic rings. The summed E-state index contributed by atoms with van der Waals surface area (Å²) < 4.78 is 18.5. The summed E-state index contributed by atoms with van der Waals surface area (Å²) in [4.78, 5) is 15.6. The second-order valence-electron chi connectivity index (χ2n) is 5.37. The maximum absolute atomic E-state index is 13.7. The topological polar surface area (TPSA) is 51.2 Å². The summed E-state index contributed by atoms with van der Waals surface area (Å²) in [5, 5.41) is 4.17. The van der Waals surface area contributed by atoms with E-state index in [1.54, 1.807) is 12.3 Å². The van der Waals surface area contributed by atoms with Gasteiger partial charge in [-0.1, -0.05) is 12.1 Å². The largest absolute Gasteiger partial charge is 0.469 e. The normalized spacial score (nSPS) is 21.4. The van der Waals surface area contributed by atoms with Crippen LogP contribution >= 0.6 is 0 Å². The molecule has 5 heteroatoms. The molecule has 1 fully saturated rings. The number of ether oxygens (including phenoxy) is 1. The van der Waals surface area contributed by atoms with Gasteiger partial charge in [-0.15, -0.1) is 0 Å². The zero-order valence-electron chi connectivity index (χ0n) is 11.8. The molecule has 110 valence electrons. The van der Waals surface area contributed by atoms with Crippen molar-refractivity contribution in [2.45, 2.75) is 25.3 Å². The molecule has 21 heavy (non-hydrogen) atoms. The molecule has 0 radical (unpaired) electrons. The second-order valence-corrected chi connectivity index (χ2v) is 5.37. The first-order chi connectivity index (χ1) is 10.2.